The van der Waals surface area contributed by atoms with E-state index in [4.69, 9.17) is 0 Å². The van der Waals surface area contributed by atoms with Crippen molar-refractivity contribution in [3.8, 4) is 0 Å². The molecule has 0 unspecified atom stereocenters. The van der Waals surface area contributed by atoms with E-state index in [1.807, 2.05) is 4.90 Å². The van der Waals surface area contributed by atoms with Gasteiger partial charge in [0.1, 0.15) is 5.82 Å². The molecule has 2 saturated heterocycles. The van der Waals surface area contributed by atoms with Gasteiger partial charge in [0, 0.05) is 38.3 Å². The number of benzene rings is 1. The molecule has 2 atom stereocenters. The fourth-order valence-corrected chi connectivity index (χ4v) is 5.11. The maximum absolute atomic E-state index is 13.4. The summed E-state index contributed by atoms with van der Waals surface area (Å²) in [5, 5.41) is 3.45. The minimum atomic E-state index is -0.399. The predicted octanol–water partition coefficient (Wildman–Crippen LogP) is 2.28. The zero-order valence-electron chi connectivity index (χ0n) is 15.8. The number of fused-ring (bicyclic) bond motifs is 1. The van der Waals surface area contributed by atoms with Gasteiger partial charge in [-0.25, -0.2) is 4.39 Å². The Morgan fingerprint density at radius 3 is 2.74 bits per heavy atom. The summed E-state index contributed by atoms with van der Waals surface area (Å²) < 4.78 is 13.4. The van der Waals surface area contributed by atoms with Crippen LogP contribution in [0, 0.1) is 17.2 Å². The second kappa shape index (κ2) is 7.58. The molecule has 1 aliphatic carbocycles. The van der Waals surface area contributed by atoms with Crippen LogP contribution >= 0.6 is 0 Å². The van der Waals surface area contributed by atoms with E-state index in [0.717, 1.165) is 38.8 Å². The fraction of sp³-hybridized carbons (Fsp3) is 0.619. The molecule has 1 aromatic rings. The van der Waals surface area contributed by atoms with Crippen molar-refractivity contribution in [1.29, 1.82) is 0 Å². The molecule has 4 rings (SSSR count). The fourth-order valence-electron chi connectivity index (χ4n) is 5.11. The van der Waals surface area contributed by atoms with Crippen LogP contribution < -0.4 is 5.32 Å². The molecular formula is C21H28FN3O2. The molecule has 0 spiro atoms. The second-order valence-corrected chi connectivity index (χ2v) is 8.18. The van der Waals surface area contributed by atoms with Crippen LogP contribution in [0.25, 0.3) is 0 Å². The van der Waals surface area contributed by atoms with Crippen LogP contribution in [0.4, 0.5) is 4.39 Å². The van der Waals surface area contributed by atoms with Crippen molar-refractivity contribution in [3.05, 3.63) is 35.6 Å². The summed E-state index contributed by atoms with van der Waals surface area (Å²) in [7, 11) is 0. The molecular weight excluding hydrogens is 345 g/mol. The number of carbonyl (C=O) groups excluding carboxylic acids is 2. The lowest BCUT2D eigenvalue weighted by Crippen LogP contribution is -2.50. The molecule has 3 aliphatic rings. The van der Waals surface area contributed by atoms with Gasteiger partial charge in [-0.2, -0.15) is 0 Å². The van der Waals surface area contributed by atoms with Crippen molar-refractivity contribution in [2.45, 2.75) is 32.1 Å². The van der Waals surface area contributed by atoms with Crippen molar-refractivity contribution in [2.75, 3.05) is 39.3 Å². The molecule has 0 bridgehead atoms. The normalized spacial score (nSPS) is 28.6. The first-order valence-corrected chi connectivity index (χ1v) is 10.2. The lowest BCUT2D eigenvalue weighted by atomic mass is 9.67. The minimum Gasteiger partial charge on any atom is -0.340 e. The van der Waals surface area contributed by atoms with Gasteiger partial charge in [-0.15, -0.1) is 0 Å². The van der Waals surface area contributed by atoms with Crippen LogP contribution in [-0.2, 0) is 4.79 Å². The maximum Gasteiger partial charge on any atom is 0.254 e. The highest BCUT2D eigenvalue weighted by atomic mass is 19.1. The Bertz CT molecular complexity index is 725. The maximum atomic E-state index is 13.4. The molecule has 27 heavy (non-hydrogen) atoms. The SMILES string of the molecule is O=C(c1cccc(F)c1)N1CCCN(C(=O)[C@@]23CCCC[C@H]2CNC3)CC1. The standard InChI is InChI=1S/C21H28FN3O2/c22-18-7-3-5-16(13-18)19(26)24-9-4-10-25(12-11-24)20(27)21-8-2-1-6-17(21)14-23-15-21/h3,5,7,13,17,23H,1-2,4,6,8-12,14-15H2/t17-,21+/m0/s1. The van der Waals surface area contributed by atoms with E-state index in [9.17, 15) is 14.0 Å². The zero-order chi connectivity index (χ0) is 18.9. The summed E-state index contributed by atoms with van der Waals surface area (Å²) in [6.07, 6.45) is 5.23. The topological polar surface area (TPSA) is 52.7 Å². The Kier molecular flexibility index (Phi) is 5.17. The molecule has 3 fully saturated rings. The molecule has 2 amide bonds. The zero-order valence-corrected chi connectivity index (χ0v) is 15.8. The van der Waals surface area contributed by atoms with Gasteiger partial charge < -0.3 is 15.1 Å². The van der Waals surface area contributed by atoms with Crippen LogP contribution in [0.2, 0.25) is 0 Å². The minimum absolute atomic E-state index is 0.153. The number of nitrogens with zero attached hydrogens (tertiary/aromatic N) is 2. The molecule has 2 heterocycles. The Labute approximate surface area is 159 Å². The number of nitrogens with one attached hydrogen (secondary N) is 1. The lowest BCUT2D eigenvalue weighted by molar-refractivity contribution is -0.145. The van der Waals surface area contributed by atoms with Crippen LogP contribution in [0.1, 0.15) is 42.5 Å². The van der Waals surface area contributed by atoms with Crippen LogP contribution in [0.3, 0.4) is 0 Å². The van der Waals surface area contributed by atoms with Gasteiger partial charge >= 0.3 is 0 Å². The molecule has 0 aromatic heterocycles. The lowest BCUT2D eigenvalue weighted by Gasteiger charge is -2.40. The highest BCUT2D eigenvalue weighted by Gasteiger charge is 2.51. The second-order valence-electron chi connectivity index (χ2n) is 8.18. The molecule has 5 nitrogen and oxygen atoms in total. The first-order chi connectivity index (χ1) is 13.1. The van der Waals surface area contributed by atoms with Gasteiger partial charge in [-0.05, 0) is 49.9 Å². The van der Waals surface area contributed by atoms with Crippen molar-refractivity contribution < 1.29 is 14.0 Å². The summed E-state index contributed by atoms with van der Waals surface area (Å²) >= 11 is 0. The van der Waals surface area contributed by atoms with E-state index in [0.29, 0.717) is 37.7 Å². The largest absolute Gasteiger partial charge is 0.340 e. The number of halogens is 1. The Balaban J connectivity index is 1.44. The van der Waals surface area contributed by atoms with Crippen molar-refractivity contribution in [1.82, 2.24) is 15.1 Å². The average Bonchev–Trinajstić information content (AvgIpc) is 2.98. The third-order valence-corrected chi connectivity index (χ3v) is 6.61. The average molecular weight is 373 g/mol. The molecule has 0 radical (unpaired) electrons. The summed E-state index contributed by atoms with van der Waals surface area (Å²) in [6, 6.07) is 5.84. The molecule has 1 N–H and O–H groups in total. The quantitative estimate of drug-likeness (QED) is 0.865. The number of hydrogen-bond acceptors (Lipinski definition) is 3. The Morgan fingerprint density at radius 1 is 1.07 bits per heavy atom. The van der Waals surface area contributed by atoms with Gasteiger partial charge in [0.25, 0.3) is 5.91 Å². The number of hydrogen-bond donors (Lipinski definition) is 1. The van der Waals surface area contributed by atoms with E-state index in [1.165, 1.54) is 18.6 Å². The number of rotatable bonds is 2. The molecule has 1 saturated carbocycles. The van der Waals surface area contributed by atoms with E-state index >= 15 is 0 Å². The van der Waals surface area contributed by atoms with Crippen LogP contribution in [0.15, 0.2) is 24.3 Å². The van der Waals surface area contributed by atoms with Crippen molar-refractivity contribution >= 4 is 11.8 Å². The number of carbonyl (C=O) groups is 2. The summed E-state index contributed by atoms with van der Waals surface area (Å²) in [4.78, 5) is 29.9. The summed E-state index contributed by atoms with van der Waals surface area (Å²) in [5.41, 5.74) is 0.140. The highest BCUT2D eigenvalue weighted by molar-refractivity contribution is 5.94. The molecule has 2 aliphatic heterocycles. The molecule has 146 valence electrons. The Morgan fingerprint density at radius 2 is 1.89 bits per heavy atom. The van der Waals surface area contributed by atoms with Crippen molar-refractivity contribution in [2.24, 2.45) is 11.3 Å². The van der Waals surface area contributed by atoms with Gasteiger partial charge in [0.2, 0.25) is 5.91 Å². The summed E-state index contributed by atoms with van der Waals surface area (Å²) in [5.74, 6) is 0.174. The molecule has 1 aromatic carbocycles. The van der Waals surface area contributed by atoms with Crippen molar-refractivity contribution in [3.63, 3.8) is 0 Å². The van der Waals surface area contributed by atoms with Gasteiger partial charge in [0.15, 0.2) is 0 Å². The van der Waals surface area contributed by atoms with Gasteiger partial charge in [-0.1, -0.05) is 18.9 Å². The van der Waals surface area contributed by atoms with Gasteiger partial charge in [-0.3, -0.25) is 9.59 Å². The Hall–Kier alpha value is -1.95. The first kappa shape index (κ1) is 18.4. The van der Waals surface area contributed by atoms with E-state index in [2.05, 4.69) is 5.32 Å². The number of amides is 2. The van der Waals surface area contributed by atoms with Crippen LogP contribution in [-0.4, -0.2) is 60.9 Å². The van der Waals surface area contributed by atoms with E-state index in [1.54, 1.807) is 17.0 Å². The van der Waals surface area contributed by atoms with Crippen LogP contribution in [0.5, 0.6) is 0 Å². The molecule has 6 heteroatoms. The monoisotopic (exact) mass is 373 g/mol. The van der Waals surface area contributed by atoms with Gasteiger partial charge in [0.05, 0.1) is 5.41 Å². The van der Waals surface area contributed by atoms with E-state index in [-0.39, 0.29) is 17.2 Å². The van der Waals surface area contributed by atoms with E-state index < -0.39 is 5.82 Å². The first-order valence-electron chi connectivity index (χ1n) is 10.2. The predicted molar refractivity (Wildman–Crippen MR) is 101 cm³/mol. The third kappa shape index (κ3) is 3.47. The highest BCUT2D eigenvalue weighted by Crippen LogP contribution is 2.45. The third-order valence-electron chi connectivity index (χ3n) is 6.61. The smallest absolute Gasteiger partial charge is 0.254 e. The summed E-state index contributed by atoms with van der Waals surface area (Å²) in [6.45, 7) is 4.11.